The van der Waals surface area contributed by atoms with Gasteiger partial charge in [0.05, 0.1) is 18.5 Å². The molecule has 0 bridgehead atoms. The lowest BCUT2D eigenvalue weighted by Crippen LogP contribution is -2.33. The van der Waals surface area contributed by atoms with Gasteiger partial charge in [0.1, 0.15) is 0 Å². The maximum Gasteiger partial charge on any atom is 0.211 e. The Hall–Kier alpha value is -0.940. The van der Waals surface area contributed by atoms with Crippen LogP contribution in [-0.2, 0) is 16.6 Å². The summed E-state index contributed by atoms with van der Waals surface area (Å²) in [5.74, 6) is 0.304. The zero-order valence-corrected chi connectivity index (χ0v) is 10.7. The van der Waals surface area contributed by atoms with E-state index in [9.17, 15) is 8.42 Å². The van der Waals surface area contributed by atoms with Crippen molar-refractivity contribution in [1.82, 2.24) is 9.29 Å². The fourth-order valence-corrected chi connectivity index (χ4v) is 2.33. The van der Waals surface area contributed by atoms with Crippen LogP contribution in [0.15, 0.2) is 24.4 Å². The van der Waals surface area contributed by atoms with Crippen molar-refractivity contribution >= 4 is 10.0 Å². The van der Waals surface area contributed by atoms with Gasteiger partial charge in [-0.3, -0.25) is 4.98 Å². The SMILES string of the molecule is CC(C)CN(Cc1ccccn1)S(C)(=O)=O. The molecule has 1 heterocycles. The van der Waals surface area contributed by atoms with E-state index in [1.165, 1.54) is 10.6 Å². The predicted molar refractivity (Wildman–Crippen MR) is 64.3 cm³/mol. The van der Waals surface area contributed by atoms with Gasteiger partial charge in [-0.25, -0.2) is 8.42 Å². The summed E-state index contributed by atoms with van der Waals surface area (Å²) in [6.07, 6.45) is 2.91. The molecule has 0 saturated heterocycles. The van der Waals surface area contributed by atoms with Crippen LogP contribution in [0, 0.1) is 5.92 Å². The Morgan fingerprint density at radius 1 is 1.38 bits per heavy atom. The summed E-state index contributed by atoms with van der Waals surface area (Å²) in [6, 6.07) is 5.51. The monoisotopic (exact) mass is 242 g/mol. The second-order valence-electron chi connectivity index (χ2n) is 4.27. The van der Waals surface area contributed by atoms with E-state index in [-0.39, 0.29) is 0 Å². The van der Waals surface area contributed by atoms with Gasteiger partial charge in [-0.1, -0.05) is 19.9 Å². The average molecular weight is 242 g/mol. The van der Waals surface area contributed by atoms with Crippen LogP contribution in [0.1, 0.15) is 19.5 Å². The van der Waals surface area contributed by atoms with Crippen LogP contribution in [0.2, 0.25) is 0 Å². The Bertz CT molecular complexity index is 415. The van der Waals surface area contributed by atoms with Gasteiger partial charge in [-0.2, -0.15) is 4.31 Å². The molecule has 1 rings (SSSR count). The highest BCUT2D eigenvalue weighted by Gasteiger charge is 2.18. The molecular weight excluding hydrogens is 224 g/mol. The van der Waals surface area contributed by atoms with Crippen molar-refractivity contribution in [2.24, 2.45) is 5.92 Å². The minimum Gasteiger partial charge on any atom is -0.260 e. The summed E-state index contributed by atoms with van der Waals surface area (Å²) >= 11 is 0. The molecule has 0 atom stereocenters. The number of hydrogen-bond donors (Lipinski definition) is 0. The first-order chi connectivity index (χ1) is 7.39. The third kappa shape index (κ3) is 4.28. The third-order valence-electron chi connectivity index (χ3n) is 2.10. The van der Waals surface area contributed by atoms with Crippen LogP contribution in [-0.4, -0.2) is 30.5 Å². The molecule has 0 amide bonds. The third-order valence-corrected chi connectivity index (χ3v) is 3.32. The van der Waals surface area contributed by atoms with E-state index in [2.05, 4.69) is 4.98 Å². The molecule has 0 spiro atoms. The lowest BCUT2D eigenvalue weighted by atomic mass is 10.2. The lowest BCUT2D eigenvalue weighted by molar-refractivity contribution is 0.361. The summed E-state index contributed by atoms with van der Waals surface area (Å²) < 4.78 is 24.6. The molecule has 90 valence electrons. The van der Waals surface area contributed by atoms with Gasteiger partial charge < -0.3 is 0 Å². The van der Waals surface area contributed by atoms with Gasteiger partial charge in [0, 0.05) is 12.7 Å². The number of sulfonamides is 1. The van der Waals surface area contributed by atoms with Gasteiger partial charge in [0.2, 0.25) is 10.0 Å². The van der Waals surface area contributed by atoms with E-state index in [0.717, 1.165) is 5.69 Å². The van der Waals surface area contributed by atoms with Gasteiger partial charge >= 0.3 is 0 Å². The van der Waals surface area contributed by atoms with Crippen molar-refractivity contribution in [3.8, 4) is 0 Å². The molecule has 0 saturated carbocycles. The first-order valence-electron chi connectivity index (χ1n) is 5.24. The summed E-state index contributed by atoms with van der Waals surface area (Å²) in [6.45, 7) is 4.86. The van der Waals surface area contributed by atoms with Gasteiger partial charge in [-0.05, 0) is 18.1 Å². The topological polar surface area (TPSA) is 50.3 Å². The fraction of sp³-hybridized carbons (Fsp3) is 0.545. The quantitative estimate of drug-likeness (QED) is 0.786. The molecule has 0 unspecified atom stereocenters. The Morgan fingerprint density at radius 2 is 2.06 bits per heavy atom. The number of rotatable bonds is 5. The highest BCUT2D eigenvalue weighted by Crippen LogP contribution is 2.09. The molecule has 1 aromatic rings. The van der Waals surface area contributed by atoms with Crippen molar-refractivity contribution in [3.05, 3.63) is 30.1 Å². The molecule has 0 fully saturated rings. The first-order valence-corrected chi connectivity index (χ1v) is 7.09. The summed E-state index contributed by atoms with van der Waals surface area (Å²) in [5, 5.41) is 0. The standard InChI is InChI=1S/C11H18N2O2S/c1-10(2)8-13(16(3,14)15)9-11-6-4-5-7-12-11/h4-7,10H,8-9H2,1-3H3. The van der Waals surface area contributed by atoms with Gasteiger partial charge in [0.15, 0.2) is 0 Å². The Balaban J connectivity index is 2.80. The molecular formula is C11H18N2O2S. The molecule has 4 nitrogen and oxygen atoms in total. The smallest absolute Gasteiger partial charge is 0.211 e. The maximum absolute atomic E-state index is 11.6. The van der Waals surface area contributed by atoms with Crippen LogP contribution in [0.3, 0.4) is 0 Å². The van der Waals surface area contributed by atoms with E-state index in [4.69, 9.17) is 0 Å². The zero-order valence-electron chi connectivity index (χ0n) is 9.92. The highest BCUT2D eigenvalue weighted by atomic mass is 32.2. The normalized spacial score (nSPS) is 12.3. The van der Waals surface area contributed by atoms with Crippen LogP contribution < -0.4 is 0 Å². The number of pyridine rings is 1. The lowest BCUT2D eigenvalue weighted by Gasteiger charge is -2.21. The molecule has 16 heavy (non-hydrogen) atoms. The highest BCUT2D eigenvalue weighted by molar-refractivity contribution is 7.88. The Morgan fingerprint density at radius 3 is 2.50 bits per heavy atom. The largest absolute Gasteiger partial charge is 0.260 e. The van der Waals surface area contributed by atoms with E-state index in [1.54, 1.807) is 6.20 Å². The van der Waals surface area contributed by atoms with Gasteiger partial charge in [-0.15, -0.1) is 0 Å². The number of aromatic nitrogens is 1. The van der Waals surface area contributed by atoms with E-state index < -0.39 is 10.0 Å². The molecule has 0 N–H and O–H groups in total. The summed E-state index contributed by atoms with van der Waals surface area (Å²) in [7, 11) is -3.16. The Labute approximate surface area is 97.4 Å². The molecule has 0 radical (unpaired) electrons. The Kier molecular flexibility index (Phi) is 4.44. The molecule has 1 aromatic heterocycles. The number of hydrogen-bond acceptors (Lipinski definition) is 3. The fourth-order valence-electron chi connectivity index (χ4n) is 1.40. The minimum atomic E-state index is -3.16. The second-order valence-corrected chi connectivity index (χ2v) is 6.25. The second kappa shape index (κ2) is 5.41. The van der Waals surface area contributed by atoms with Crippen LogP contribution >= 0.6 is 0 Å². The van der Waals surface area contributed by atoms with Crippen LogP contribution in [0.4, 0.5) is 0 Å². The summed E-state index contributed by atoms with van der Waals surface area (Å²) in [5.41, 5.74) is 0.772. The van der Waals surface area contributed by atoms with Crippen LogP contribution in [0.5, 0.6) is 0 Å². The zero-order chi connectivity index (χ0) is 12.2. The van der Waals surface area contributed by atoms with Crippen LogP contribution in [0.25, 0.3) is 0 Å². The van der Waals surface area contributed by atoms with Crippen molar-refractivity contribution in [2.45, 2.75) is 20.4 Å². The van der Waals surface area contributed by atoms with Crippen molar-refractivity contribution < 1.29 is 8.42 Å². The summed E-state index contributed by atoms with van der Waals surface area (Å²) in [4.78, 5) is 4.13. The maximum atomic E-state index is 11.6. The molecule has 0 aliphatic rings. The minimum absolute atomic E-state index is 0.304. The van der Waals surface area contributed by atoms with Crippen molar-refractivity contribution in [1.29, 1.82) is 0 Å². The van der Waals surface area contributed by atoms with Crippen molar-refractivity contribution in [3.63, 3.8) is 0 Å². The van der Waals surface area contributed by atoms with Gasteiger partial charge in [0.25, 0.3) is 0 Å². The van der Waals surface area contributed by atoms with E-state index in [0.29, 0.717) is 19.0 Å². The predicted octanol–water partition coefficient (Wildman–Crippen LogP) is 1.50. The molecule has 0 aliphatic heterocycles. The molecule has 5 heteroatoms. The first kappa shape index (κ1) is 13.1. The van der Waals surface area contributed by atoms with E-state index in [1.807, 2.05) is 32.0 Å². The molecule has 0 aromatic carbocycles. The molecule has 0 aliphatic carbocycles. The number of nitrogens with zero attached hydrogens (tertiary/aromatic N) is 2. The van der Waals surface area contributed by atoms with Crippen molar-refractivity contribution in [2.75, 3.05) is 12.8 Å². The average Bonchev–Trinajstić information content (AvgIpc) is 2.16. The van der Waals surface area contributed by atoms with E-state index >= 15 is 0 Å².